The third-order valence-corrected chi connectivity index (χ3v) is 5.22. The Morgan fingerprint density at radius 1 is 0.947 bits per heavy atom. The third kappa shape index (κ3) is 2.98. The van der Waals surface area contributed by atoms with Crippen LogP contribution in [0.4, 0.5) is 0 Å². The van der Waals surface area contributed by atoms with Crippen molar-refractivity contribution < 1.29 is 17.3 Å². The van der Waals surface area contributed by atoms with E-state index >= 15 is 0 Å². The van der Waals surface area contributed by atoms with Crippen LogP contribution in [0.3, 0.4) is 0 Å². The third-order valence-electron chi connectivity index (χ3n) is 5.22. The van der Waals surface area contributed by atoms with Crippen LogP contribution in [0.15, 0.2) is 30.3 Å². The molecule has 1 aromatic carbocycles. The van der Waals surface area contributed by atoms with Crippen LogP contribution >= 0.6 is 0 Å². The van der Waals surface area contributed by atoms with E-state index in [0.717, 1.165) is 23.7 Å². The monoisotopic (exact) mass is 279 g/mol. The Labute approximate surface area is 123 Å². The molecule has 4 rings (SSSR count). The molecular weight excluding hydrogens is 254 g/mol. The van der Waals surface area contributed by atoms with E-state index in [-0.39, 0.29) is 12.4 Å². The molecule has 2 heteroatoms. The van der Waals surface area contributed by atoms with Crippen molar-refractivity contribution in [3.05, 3.63) is 35.9 Å². The summed E-state index contributed by atoms with van der Waals surface area (Å²) in [5.41, 5.74) is 1.61. The molecule has 3 aliphatic rings. The fourth-order valence-corrected chi connectivity index (χ4v) is 4.53. The van der Waals surface area contributed by atoms with Gasteiger partial charge in [0.25, 0.3) is 0 Å². The minimum Gasteiger partial charge on any atom is -1.00 e. The summed E-state index contributed by atoms with van der Waals surface area (Å²) in [6.45, 7) is 1.35. The molecule has 0 aliphatic heterocycles. The van der Waals surface area contributed by atoms with Gasteiger partial charge in [0.1, 0.15) is 0 Å². The molecule has 1 aromatic rings. The lowest BCUT2D eigenvalue weighted by atomic mass is 9.57. The lowest BCUT2D eigenvalue weighted by Gasteiger charge is -2.49. The second-order valence-corrected chi connectivity index (χ2v) is 6.69. The van der Waals surface area contributed by atoms with Gasteiger partial charge < -0.3 is 17.3 Å². The van der Waals surface area contributed by atoms with Crippen LogP contribution in [-0.4, -0.2) is 20.6 Å². The molecule has 1 N–H and O–H groups in total. The summed E-state index contributed by atoms with van der Waals surface area (Å²) in [6.07, 6.45) is 5.94. The highest BCUT2D eigenvalue weighted by Gasteiger charge is 2.45. The molecule has 3 fully saturated rings. The number of rotatable bonds is 3. The van der Waals surface area contributed by atoms with Crippen LogP contribution < -0.4 is 17.3 Å². The highest BCUT2D eigenvalue weighted by atomic mass is 35.5. The Morgan fingerprint density at radius 3 is 2.11 bits per heavy atom. The van der Waals surface area contributed by atoms with Crippen molar-refractivity contribution in [3.63, 3.8) is 0 Å². The second kappa shape index (κ2) is 6.28. The second-order valence-electron chi connectivity index (χ2n) is 6.69. The van der Waals surface area contributed by atoms with Crippen molar-refractivity contribution >= 4 is 0 Å². The average Bonchev–Trinajstić information content (AvgIpc) is 2.40. The van der Waals surface area contributed by atoms with Crippen LogP contribution in [0.5, 0.6) is 0 Å². The molecule has 19 heavy (non-hydrogen) atoms. The summed E-state index contributed by atoms with van der Waals surface area (Å²) >= 11 is 0. The molecule has 3 saturated carbocycles. The number of fused-ring (bicyclic) bond motifs is 3. The first kappa shape index (κ1) is 14.9. The molecule has 0 aromatic heterocycles. The predicted molar refractivity (Wildman–Crippen MR) is 75.8 cm³/mol. The zero-order valence-electron chi connectivity index (χ0n) is 12.1. The number of benzene rings is 1. The zero-order valence-corrected chi connectivity index (χ0v) is 12.9. The molecule has 2 bridgehead atoms. The van der Waals surface area contributed by atoms with Crippen LogP contribution in [0.25, 0.3) is 0 Å². The largest absolute Gasteiger partial charge is 1.00 e. The molecule has 1 nitrogen and oxygen atoms in total. The summed E-state index contributed by atoms with van der Waals surface area (Å²) in [4.78, 5) is 1.62. The van der Waals surface area contributed by atoms with E-state index in [2.05, 4.69) is 44.4 Å². The van der Waals surface area contributed by atoms with Crippen molar-refractivity contribution in [2.24, 2.45) is 17.8 Å². The molecular formula is C17H26ClN. The Bertz CT molecular complexity index is 382. The Morgan fingerprint density at radius 2 is 1.53 bits per heavy atom. The standard InChI is InChI=1S/C17H25N.ClH/c1-18(2)12-16-13-8-10-15(11-9-13)17(16)14-6-4-3-5-7-14;/h3-7,13,15-17H,8-12H2,1-2H3;1H/t13?,15?,16-,17-;/m0./s1. The molecule has 2 atom stereocenters. The number of hydrogen-bond acceptors (Lipinski definition) is 0. The van der Waals surface area contributed by atoms with Gasteiger partial charge in [0.05, 0.1) is 20.6 Å². The SMILES string of the molecule is C[NH+](C)C[C@H]1C2CCC(CC2)[C@@H]1c1ccccc1.[Cl-]. The van der Waals surface area contributed by atoms with Gasteiger partial charge in [-0.1, -0.05) is 30.3 Å². The van der Waals surface area contributed by atoms with Gasteiger partial charge in [-0.2, -0.15) is 0 Å². The van der Waals surface area contributed by atoms with E-state index in [1.165, 1.54) is 32.2 Å². The minimum atomic E-state index is 0. The number of quaternary nitrogens is 1. The van der Waals surface area contributed by atoms with E-state index in [9.17, 15) is 0 Å². The molecule has 0 saturated heterocycles. The first-order valence-electron chi connectivity index (χ1n) is 7.59. The maximum absolute atomic E-state index is 2.36. The van der Waals surface area contributed by atoms with Crippen molar-refractivity contribution in [1.82, 2.24) is 0 Å². The summed E-state index contributed by atoms with van der Waals surface area (Å²) in [5.74, 6) is 3.72. The Kier molecular flexibility index (Phi) is 4.92. The molecule has 0 amide bonds. The fraction of sp³-hybridized carbons (Fsp3) is 0.647. The smallest absolute Gasteiger partial charge is 0.0804 e. The van der Waals surface area contributed by atoms with Crippen LogP contribution in [0.2, 0.25) is 0 Å². The van der Waals surface area contributed by atoms with Gasteiger partial charge in [-0.3, -0.25) is 0 Å². The fourth-order valence-electron chi connectivity index (χ4n) is 4.53. The Hall–Kier alpha value is -0.530. The van der Waals surface area contributed by atoms with Gasteiger partial charge in [0, 0.05) is 5.92 Å². The van der Waals surface area contributed by atoms with Crippen LogP contribution in [-0.2, 0) is 0 Å². The van der Waals surface area contributed by atoms with Crippen molar-refractivity contribution in [3.8, 4) is 0 Å². The summed E-state index contributed by atoms with van der Waals surface area (Å²) < 4.78 is 0. The van der Waals surface area contributed by atoms with E-state index in [0.29, 0.717) is 0 Å². The highest BCUT2D eigenvalue weighted by molar-refractivity contribution is 5.23. The van der Waals surface area contributed by atoms with Crippen LogP contribution in [0.1, 0.15) is 37.2 Å². The number of halogens is 1. The number of hydrogen-bond donors (Lipinski definition) is 1. The summed E-state index contributed by atoms with van der Waals surface area (Å²) in [5, 5.41) is 0. The van der Waals surface area contributed by atoms with E-state index in [1.807, 2.05) is 0 Å². The van der Waals surface area contributed by atoms with Gasteiger partial charge in [-0.05, 0) is 49.0 Å². The molecule has 0 spiro atoms. The van der Waals surface area contributed by atoms with Gasteiger partial charge in [0.2, 0.25) is 0 Å². The molecule has 0 heterocycles. The van der Waals surface area contributed by atoms with Crippen LogP contribution in [0, 0.1) is 17.8 Å². The van der Waals surface area contributed by atoms with E-state index in [4.69, 9.17) is 0 Å². The highest BCUT2D eigenvalue weighted by Crippen LogP contribution is 2.52. The molecule has 0 unspecified atom stereocenters. The topological polar surface area (TPSA) is 4.44 Å². The van der Waals surface area contributed by atoms with E-state index < -0.39 is 0 Å². The number of nitrogens with one attached hydrogen (secondary N) is 1. The molecule has 3 aliphatic carbocycles. The van der Waals surface area contributed by atoms with Gasteiger partial charge in [-0.25, -0.2) is 0 Å². The first-order valence-corrected chi connectivity index (χ1v) is 7.59. The van der Waals surface area contributed by atoms with Crippen molar-refractivity contribution in [2.45, 2.75) is 31.6 Å². The lowest BCUT2D eigenvalue weighted by molar-refractivity contribution is -0.863. The van der Waals surface area contributed by atoms with Crippen molar-refractivity contribution in [1.29, 1.82) is 0 Å². The summed E-state index contributed by atoms with van der Waals surface area (Å²) in [7, 11) is 4.62. The predicted octanol–water partition coefficient (Wildman–Crippen LogP) is -0.645. The maximum Gasteiger partial charge on any atom is 0.0804 e. The normalized spacial score (nSPS) is 33.2. The minimum absolute atomic E-state index is 0. The lowest BCUT2D eigenvalue weighted by Crippen LogP contribution is -3.06. The molecule has 106 valence electrons. The van der Waals surface area contributed by atoms with E-state index in [1.54, 1.807) is 10.5 Å². The average molecular weight is 280 g/mol. The summed E-state index contributed by atoms with van der Waals surface area (Å²) in [6, 6.07) is 11.3. The van der Waals surface area contributed by atoms with Gasteiger partial charge in [0.15, 0.2) is 0 Å². The Balaban J connectivity index is 0.00000133. The van der Waals surface area contributed by atoms with Crippen molar-refractivity contribution in [2.75, 3.05) is 20.6 Å². The van der Waals surface area contributed by atoms with Gasteiger partial charge >= 0.3 is 0 Å². The maximum atomic E-state index is 2.36. The first-order chi connectivity index (χ1) is 8.75. The quantitative estimate of drug-likeness (QED) is 0.751. The molecule has 0 radical (unpaired) electrons. The zero-order chi connectivity index (χ0) is 12.5. The van der Waals surface area contributed by atoms with Gasteiger partial charge in [-0.15, -0.1) is 0 Å².